The van der Waals surface area contributed by atoms with Gasteiger partial charge < -0.3 is 9.73 Å². The number of nitrogens with one attached hydrogen (secondary N) is 1. The van der Waals surface area contributed by atoms with Crippen molar-refractivity contribution in [1.29, 1.82) is 0 Å². The van der Waals surface area contributed by atoms with Gasteiger partial charge in [0, 0.05) is 17.4 Å². The van der Waals surface area contributed by atoms with Gasteiger partial charge in [0.1, 0.15) is 6.26 Å². The topological polar surface area (TPSA) is 55.1 Å². The van der Waals surface area contributed by atoms with Gasteiger partial charge in [-0.05, 0) is 30.7 Å². The predicted octanol–water partition coefficient (Wildman–Crippen LogP) is 4.73. The van der Waals surface area contributed by atoms with Gasteiger partial charge in [-0.3, -0.25) is 4.79 Å². The Bertz CT molecular complexity index is 607. The van der Waals surface area contributed by atoms with Crippen LogP contribution in [0.1, 0.15) is 37.8 Å². The molecule has 7 heteroatoms. The number of hydrogen-bond donors (Lipinski definition) is 1. The van der Waals surface area contributed by atoms with Crippen LogP contribution in [0.3, 0.4) is 0 Å². The number of rotatable bonds is 8. The second-order valence-electron chi connectivity index (χ2n) is 5.47. The number of aromatic nitrogens is 1. The molecule has 3 rings (SSSR count). The van der Waals surface area contributed by atoms with E-state index in [-0.39, 0.29) is 5.91 Å². The maximum absolute atomic E-state index is 11.9. The molecule has 1 aliphatic rings. The lowest BCUT2D eigenvalue weighted by Crippen LogP contribution is -2.22. The smallest absolute Gasteiger partial charge is 0.236 e. The molecular weight excluding hydrogens is 348 g/mol. The van der Waals surface area contributed by atoms with Gasteiger partial charge in [-0.25, -0.2) is 4.98 Å². The Kier molecular flexibility index (Phi) is 6.47. The van der Waals surface area contributed by atoms with E-state index in [9.17, 15) is 4.79 Å². The minimum Gasteiger partial charge on any atom is -0.443 e. The summed E-state index contributed by atoms with van der Waals surface area (Å²) in [6.45, 7) is 0.433. The van der Waals surface area contributed by atoms with Crippen molar-refractivity contribution in [2.45, 2.75) is 43.9 Å². The monoisotopic (exact) mass is 368 g/mol. The van der Waals surface area contributed by atoms with Gasteiger partial charge in [-0.1, -0.05) is 34.1 Å². The minimum absolute atomic E-state index is 0.0964. The molecule has 1 N–H and O–H groups in total. The third-order valence-corrected chi connectivity index (χ3v) is 7.52. The number of unbranched alkanes of at least 4 members (excludes halogenated alkanes) is 1. The van der Waals surface area contributed by atoms with Crippen LogP contribution in [0.2, 0.25) is 0 Å². The van der Waals surface area contributed by atoms with Crippen LogP contribution in [-0.2, 0) is 11.3 Å². The molecule has 2 aromatic rings. The van der Waals surface area contributed by atoms with Crippen LogP contribution in [0.5, 0.6) is 0 Å². The van der Waals surface area contributed by atoms with Crippen molar-refractivity contribution in [2.75, 3.05) is 5.75 Å². The highest BCUT2D eigenvalue weighted by Crippen LogP contribution is 2.39. The quantitative estimate of drug-likeness (QED) is 0.539. The van der Waals surface area contributed by atoms with Crippen LogP contribution in [0.15, 0.2) is 28.2 Å². The standard InChI is InChI=1S/C16H20N2O2S3/c19-15(6-2-1-4-13-7-9-22-23-13)17-10-12-11-20-16(18-12)14-5-3-8-21-14/h3,5,8,11,13H,1-2,4,6-7,9-10H2,(H,17,19). The van der Waals surface area contributed by atoms with Crippen molar-refractivity contribution in [2.24, 2.45) is 0 Å². The average molecular weight is 369 g/mol. The van der Waals surface area contributed by atoms with Crippen molar-refractivity contribution < 1.29 is 9.21 Å². The maximum Gasteiger partial charge on any atom is 0.236 e. The highest BCUT2D eigenvalue weighted by molar-refractivity contribution is 8.77. The first kappa shape index (κ1) is 16.9. The molecule has 0 aliphatic carbocycles. The Morgan fingerprint density at radius 3 is 3.17 bits per heavy atom. The van der Waals surface area contributed by atoms with Gasteiger partial charge in [0.15, 0.2) is 0 Å². The summed E-state index contributed by atoms with van der Waals surface area (Å²) in [6, 6.07) is 3.94. The van der Waals surface area contributed by atoms with E-state index in [0.717, 1.165) is 28.7 Å². The Labute approximate surface area is 148 Å². The van der Waals surface area contributed by atoms with E-state index >= 15 is 0 Å². The molecule has 1 amide bonds. The lowest BCUT2D eigenvalue weighted by molar-refractivity contribution is -0.121. The van der Waals surface area contributed by atoms with Crippen LogP contribution in [0, 0.1) is 0 Å². The zero-order valence-corrected chi connectivity index (χ0v) is 15.3. The molecule has 1 saturated heterocycles. The Balaban J connectivity index is 1.32. The average Bonchev–Trinajstić information content (AvgIpc) is 3.31. The largest absolute Gasteiger partial charge is 0.443 e. The number of thiophene rings is 1. The van der Waals surface area contributed by atoms with Crippen molar-refractivity contribution >= 4 is 38.8 Å². The van der Waals surface area contributed by atoms with Crippen LogP contribution < -0.4 is 5.32 Å². The highest BCUT2D eigenvalue weighted by Gasteiger charge is 2.16. The number of oxazole rings is 1. The molecule has 0 radical (unpaired) electrons. The Hall–Kier alpha value is -0.920. The highest BCUT2D eigenvalue weighted by atomic mass is 33.1. The third-order valence-electron chi connectivity index (χ3n) is 3.66. The summed E-state index contributed by atoms with van der Waals surface area (Å²) >= 11 is 1.59. The number of carbonyl (C=O) groups excluding carboxylic acids is 1. The molecule has 1 aliphatic heterocycles. The molecular formula is C16H20N2O2S3. The van der Waals surface area contributed by atoms with Crippen LogP contribution in [0.4, 0.5) is 0 Å². The number of amides is 1. The lowest BCUT2D eigenvalue weighted by atomic mass is 10.1. The van der Waals surface area contributed by atoms with Crippen LogP contribution >= 0.6 is 32.9 Å². The summed E-state index contributed by atoms with van der Waals surface area (Å²) in [5, 5.41) is 5.71. The van der Waals surface area contributed by atoms with Gasteiger partial charge in [0.25, 0.3) is 0 Å². The van der Waals surface area contributed by atoms with Crippen LogP contribution in [0.25, 0.3) is 10.8 Å². The fourth-order valence-electron chi connectivity index (χ4n) is 2.40. The zero-order valence-electron chi connectivity index (χ0n) is 12.8. The molecule has 1 fully saturated rings. The number of nitrogens with zero attached hydrogens (tertiary/aromatic N) is 1. The molecule has 0 spiro atoms. The summed E-state index contributed by atoms with van der Waals surface area (Å²) in [6.07, 6.45) is 6.87. The maximum atomic E-state index is 11.9. The molecule has 23 heavy (non-hydrogen) atoms. The summed E-state index contributed by atoms with van der Waals surface area (Å²) in [7, 11) is 3.98. The molecule has 124 valence electrons. The number of hydrogen-bond acceptors (Lipinski definition) is 6. The first-order chi connectivity index (χ1) is 11.3. The lowest BCUT2D eigenvalue weighted by Gasteiger charge is -2.06. The second kappa shape index (κ2) is 8.80. The molecule has 1 atom stereocenters. The zero-order chi connectivity index (χ0) is 15.9. The van der Waals surface area contributed by atoms with Gasteiger partial charge in [0.2, 0.25) is 11.8 Å². The molecule has 0 saturated carbocycles. The molecule has 0 bridgehead atoms. The van der Waals surface area contributed by atoms with Gasteiger partial charge in [-0.15, -0.1) is 11.3 Å². The SMILES string of the molecule is O=C(CCCCC1CCSS1)NCc1coc(-c2cccs2)n1. The molecule has 1 unspecified atom stereocenters. The van der Waals surface area contributed by atoms with Crippen molar-refractivity contribution in [3.8, 4) is 10.8 Å². The minimum atomic E-state index is 0.0964. The Morgan fingerprint density at radius 1 is 1.43 bits per heavy atom. The van der Waals surface area contributed by atoms with E-state index in [0.29, 0.717) is 18.9 Å². The molecule has 0 aromatic carbocycles. The van der Waals surface area contributed by atoms with E-state index in [4.69, 9.17) is 4.42 Å². The van der Waals surface area contributed by atoms with Crippen molar-refractivity contribution in [3.63, 3.8) is 0 Å². The fourth-order valence-corrected chi connectivity index (χ4v) is 6.08. The van der Waals surface area contributed by atoms with E-state index in [1.807, 2.05) is 39.1 Å². The summed E-state index contributed by atoms with van der Waals surface area (Å²) in [5.74, 6) is 2.00. The van der Waals surface area contributed by atoms with Gasteiger partial charge in [-0.2, -0.15) is 0 Å². The van der Waals surface area contributed by atoms with E-state index in [1.54, 1.807) is 17.6 Å². The normalized spacial score (nSPS) is 17.5. The first-order valence-corrected chi connectivity index (χ1v) is 11.1. The summed E-state index contributed by atoms with van der Waals surface area (Å²) in [5.41, 5.74) is 0.765. The van der Waals surface area contributed by atoms with Gasteiger partial charge in [0.05, 0.1) is 17.1 Å². The third kappa shape index (κ3) is 5.29. The van der Waals surface area contributed by atoms with Crippen molar-refractivity contribution in [1.82, 2.24) is 10.3 Å². The Morgan fingerprint density at radius 2 is 2.39 bits per heavy atom. The fraction of sp³-hybridized carbons (Fsp3) is 0.500. The summed E-state index contributed by atoms with van der Waals surface area (Å²) in [4.78, 5) is 17.3. The van der Waals surface area contributed by atoms with E-state index in [1.165, 1.54) is 18.6 Å². The number of carbonyl (C=O) groups is 1. The van der Waals surface area contributed by atoms with Crippen molar-refractivity contribution in [3.05, 3.63) is 29.5 Å². The summed E-state index contributed by atoms with van der Waals surface area (Å²) < 4.78 is 5.44. The van der Waals surface area contributed by atoms with E-state index in [2.05, 4.69) is 10.3 Å². The second-order valence-corrected chi connectivity index (χ2v) is 9.21. The molecule has 2 aromatic heterocycles. The van der Waals surface area contributed by atoms with Gasteiger partial charge >= 0.3 is 0 Å². The van der Waals surface area contributed by atoms with E-state index < -0.39 is 0 Å². The van der Waals surface area contributed by atoms with Crippen LogP contribution in [-0.4, -0.2) is 21.9 Å². The molecule has 3 heterocycles. The predicted molar refractivity (Wildman–Crippen MR) is 98.6 cm³/mol. The first-order valence-electron chi connectivity index (χ1n) is 7.84. The molecule has 4 nitrogen and oxygen atoms in total.